The van der Waals surface area contributed by atoms with Crippen molar-refractivity contribution in [3.8, 4) is 0 Å². The third kappa shape index (κ3) is 6.05. The lowest BCUT2D eigenvalue weighted by Gasteiger charge is -2.48. The molecule has 2 heterocycles. The lowest BCUT2D eigenvalue weighted by atomic mass is 9.84. The molecule has 2 saturated heterocycles. The smallest absolute Gasteiger partial charge is 0.404 e. The molecule has 17 heteroatoms. The molecule has 210 valence electrons. The van der Waals surface area contributed by atoms with E-state index in [0.717, 1.165) is 0 Å². The van der Waals surface area contributed by atoms with Crippen molar-refractivity contribution >= 4 is 6.09 Å². The number of hydrogen-bond donors (Lipinski definition) is 11. The molecule has 15 atom stereocenters. The number of rotatable bonds is 7. The van der Waals surface area contributed by atoms with Gasteiger partial charge in [0.1, 0.15) is 61.5 Å². The highest BCUT2D eigenvalue weighted by molar-refractivity contribution is 5.64. The van der Waals surface area contributed by atoms with Gasteiger partial charge < -0.3 is 83.6 Å². The van der Waals surface area contributed by atoms with E-state index in [-0.39, 0.29) is 13.0 Å². The maximum atomic E-state index is 11.1. The predicted molar refractivity (Wildman–Crippen MR) is 118 cm³/mol. The van der Waals surface area contributed by atoms with Crippen LogP contribution in [-0.2, 0) is 23.7 Å². The molecule has 1 amide bonds. The van der Waals surface area contributed by atoms with Crippen LogP contribution in [0.25, 0.3) is 0 Å². The summed E-state index contributed by atoms with van der Waals surface area (Å²) in [7, 11) is 0. The number of ether oxygens (including phenoxy) is 5. The van der Waals surface area contributed by atoms with E-state index < -0.39 is 104 Å². The van der Waals surface area contributed by atoms with Crippen LogP contribution in [0.1, 0.15) is 6.42 Å². The fourth-order valence-corrected chi connectivity index (χ4v) is 4.60. The molecule has 0 aromatic carbocycles. The van der Waals surface area contributed by atoms with Gasteiger partial charge >= 0.3 is 6.09 Å². The van der Waals surface area contributed by atoms with E-state index in [4.69, 9.17) is 53.3 Å². The second-order valence-corrected chi connectivity index (χ2v) is 9.32. The Morgan fingerprint density at radius 3 is 1.86 bits per heavy atom. The average molecular weight is 527 g/mol. The number of amides is 1. The molecule has 36 heavy (non-hydrogen) atoms. The molecule has 0 unspecified atom stereocenters. The Hall–Kier alpha value is -1.29. The first-order chi connectivity index (χ1) is 16.9. The zero-order chi connectivity index (χ0) is 26.9. The molecule has 3 rings (SSSR count). The first-order valence-corrected chi connectivity index (χ1v) is 11.5. The van der Waals surface area contributed by atoms with Gasteiger partial charge in [-0.05, 0) is 6.42 Å². The van der Waals surface area contributed by atoms with Crippen molar-refractivity contribution in [2.45, 2.75) is 98.1 Å². The first-order valence-electron chi connectivity index (χ1n) is 11.5. The Morgan fingerprint density at radius 2 is 1.31 bits per heavy atom. The molecule has 0 radical (unpaired) electrons. The summed E-state index contributed by atoms with van der Waals surface area (Å²) in [5.74, 6) is 0. The van der Waals surface area contributed by atoms with E-state index >= 15 is 0 Å². The second kappa shape index (κ2) is 12.0. The van der Waals surface area contributed by atoms with Gasteiger partial charge in [-0.15, -0.1) is 0 Å². The summed E-state index contributed by atoms with van der Waals surface area (Å²) >= 11 is 0. The zero-order valence-electron chi connectivity index (χ0n) is 19.4. The third-order valence-corrected chi connectivity index (χ3v) is 6.77. The monoisotopic (exact) mass is 526 g/mol. The molecule has 0 aromatic heterocycles. The molecule has 3 aliphatic rings. The Morgan fingerprint density at radius 1 is 0.750 bits per heavy atom. The summed E-state index contributed by atoms with van der Waals surface area (Å²) in [6.07, 6.45) is -15.6. The SMILES string of the molecule is NC[C@H]1O[C@H](O[C@H]2[C@H](O)[C@@H](O[C@H]3O[C@H](COC(N)=O)[C@@H](O)[C@H](N)[C@H]3O)[C@H](N)C[C@@H]2N)[C@H](N)[C@@H](O)[C@@H]1O. The fourth-order valence-electron chi connectivity index (χ4n) is 4.60. The minimum Gasteiger partial charge on any atom is -0.447 e. The zero-order valence-corrected chi connectivity index (χ0v) is 19.4. The van der Waals surface area contributed by atoms with Crippen LogP contribution in [0, 0.1) is 0 Å². The van der Waals surface area contributed by atoms with Crippen molar-refractivity contribution in [2.75, 3.05) is 13.2 Å². The molecule has 3 fully saturated rings. The highest BCUT2D eigenvalue weighted by Crippen LogP contribution is 2.31. The standard InChI is InChI=1S/C19H38N6O11/c20-2-6-11(27)12(28)9(24)17(33-6)35-15-4(21)1-5(22)16(14(15)30)36-18-13(29)8(23)10(26)7(34-18)3-32-19(25)31/h4-18,26-30H,1-3,20-24H2,(H2,25,31)/t4-,5+,6+,7+,8-,9+,10+,11+,12+,13+,14-,15+,16-,17+,18+/m0/s1. The summed E-state index contributed by atoms with van der Waals surface area (Å²) in [5.41, 5.74) is 34.6. The topological polar surface area (TPSA) is 320 Å². The van der Waals surface area contributed by atoms with Gasteiger partial charge in [0.05, 0.1) is 12.1 Å². The van der Waals surface area contributed by atoms with Crippen molar-refractivity contribution < 1.29 is 54.0 Å². The normalized spacial score (nSPS) is 50.0. The van der Waals surface area contributed by atoms with Crippen molar-refractivity contribution in [1.82, 2.24) is 0 Å². The van der Waals surface area contributed by atoms with Gasteiger partial charge in [0.25, 0.3) is 0 Å². The Labute approximate surface area is 206 Å². The summed E-state index contributed by atoms with van der Waals surface area (Å²) < 4.78 is 27.3. The molecular formula is C19H38N6O11. The lowest BCUT2D eigenvalue weighted by molar-refractivity contribution is -0.318. The van der Waals surface area contributed by atoms with Gasteiger partial charge in [0.15, 0.2) is 12.6 Å². The largest absolute Gasteiger partial charge is 0.447 e. The van der Waals surface area contributed by atoms with Crippen LogP contribution < -0.4 is 34.4 Å². The first kappa shape index (κ1) is 29.3. The molecule has 1 aliphatic carbocycles. The Bertz CT molecular complexity index is 740. The highest BCUT2D eigenvalue weighted by atomic mass is 16.7. The maximum Gasteiger partial charge on any atom is 0.404 e. The maximum absolute atomic E-state index is 11.1. The number of hydrogen-bond acceptors (Lipinski definition) is 16. The number of nitrogens with two attached hydrogens (primary N) is 6. The van der Waals surface area contributed by atoms with E-state index in [2.05, 4.69) is 4.74 Å². The van der Waals surface area contributed by atoms with Gasteiger partial charge in [-0.3, -0.25) is 0 Å². The van der Waals surface area contributed by atoms with Crippen LogP contribution in [-0.4, -0.2) is 136 Å². The number of primary amides is 1. The van der Waals surface area contributed by atoms with E-state index in [0.29, 0.717) is 0 Å². The lowest BCUT2D eigenvalue weighted by Crippen LogP contribution is -2.69. The number of aliphatic hydroxyl groups excluding tert-OH is 5. The van der Waals surface area contributed by atoms with E-state index in [1.165, 1.54) is 0 Å². The van der Waals surface area contributed by atoms with Gasteiger partial charge in [-0.2, -0.15) is 0 Å². The molecule has 2 aliphatic heterocycles. The molecule has 0 spiro atoms. The second-order valence-electron chi connectivity index (χ2n) is 9.32. The predicted octanol–water partition coefficient (Wildman–Crippen LogP) is -7.22. The summed E-state index contributed by atoms with van der Waals surface area (Å²) in [4.78, 5) is 10.9. The van der Waals surface area contributed by atoms with Crippen LogP contribution >= 0.6 is 0 Å². The van der Waals surface area contributed by atoms with Crippen LogP contribution in [0.3, 0.4) is 0 Å². The number of aliphatic hydroxyl groups is 5. The van der Waals surface area contributed by atoms with Gasteiger partial charge in [0, 0.05) is 18.6 Å². The van der Waals surface area contributed by atoms with Crippen LogP contribution in [0.4, 0.5) is 4.79 Å². The molecule has 1 saturated carbocycles. The molecular weight excluding hydrogens is 488 g/mol. The van der Waals surface area contributed by atoms with E-state index in [1.807, 2.05) is 0 Å². The van der Waals surface area contributed by atoms with Crippen molar-refractivity contribution in [2.24, 2.45) is 34.4 Å². The summed E-state index contributed by atoms with van der Waals surface area (Å²) in [5, 5.41) is 52.0. The van der Waals surface area contributed by atoms with Gasteiger partial charge in [-0.25, -0.2) is 4.79 Å². The molecule has 0 aromatic rings. The average Bonchev–Trinajstić information content (AvgIpc) is 2.83. The van der Waals surface area contributed by atoms with E-state index in [9.17, 15) is 30.3 Å². The van der Waals surface area contributed by atoms with Crippen LogP contribution in [0.5, 0.6) is 0 Å². The van der Waals surface area contributed by atoms with Crippen LogP contribution in [0.15, 0.2) is 0 Å². The van der Waals surface area contributed by atoms with E-state index in [1.54, 1.807) is 0 Å². The molecule has 17 nitrogen and oxygen atoms in total. The van der Waals surface area contributed by atoms with Crippen molar-refractivity contribution in [1.29, 1.82) is 0 Å². The van der Waals surface area contributed by atoms with Crippen molar-refractivity contribution in [3.05, 3.63) is 0 Å². The van der Waals surface area contributed by atoms with Gasteiger partial charge in [-0.1, -0.05) is 0 Å². The number of carbonyl (C=O) groups excluding carboxylic acids is 1. The minimum atomic E-state index is -1.55. The highest BCUT2D eigenvalue weighted by Gasteiger charge is 2.51. The summed E-state index contributed by atoms with van der Waals surface area (Å²) in [6.45, 7) is -0.607. The third-order valence-electron chi connectivity index (χ3n) is 6.77. The Balaban J connectivity index is 1.72. The quantitative estimate of drug-likeness (QED) is 0.147. The van der Waals surface area contributed by atoms with Crippen LogP contribution in [0.2, 0.25) is 0 Å². The minimum absolute atomic E-state index is 0.0888. The molecule has 17 N–H and O–H groups in total. The number of carbonyl (C=O) groups is 1. The fraction of sp³-hybridized carbons (Fsp3) is 0.947. The summed E-state index contributed by atoms with van der Waals surface area (Å²) in [6, 6.07) is -4.11. The Kier molecular flexibility index (Phi) is 9.80. The van der Waals surface area contributed by atoms with Gasteiger partial charge in [0.2, 0.25) is 0 Å². The van der Waals surface area contributed by atoms with Crippen molar-refractivity contribution in [3.63, 3.8) is 0 Å². The molecule has 0 bridgehead atoms.